The molecule has 7 heteroatoms. The van der Waals surface area contributed by atoms with Crippen LogP contribution in [0.25, 0.3) is 10.8 Å². The molecule has 2 heterocycles. The molecule has 3 aromatic rings. The van der Waals surface area contributed by atoms with Crippen LogP contribution in [0.4, 0.5) is 0 Å². The number of carbonyl (C=O) groups is 1. The van der Waals surface area contributed by atoms with Crippen molar-refractivity contribution in [3.8, 4) is 0 Å². The third kappa shape index (κ3) is 3.95. The molecule has 0 unspecified atom stereocenters. The summed E-state index contributed by atoms with van der Waals surface area (Å²) >= 11 is 0. The van der Waals surface area contributed by atoms with Crippen LogP contribution in [-0.4, -0.2) is 20.8 Å². The molecule has 1 N–H and O–H groups in total. The highest BCUT2D eigenvalue weighted by Crippen LogP contribution is 2.28. The minimum atomic E-state index is -0.0607. The van der Waals surface area contributed by atoms with Crippen LogP contribution < -0.4 is 10.9 Å². The molecule has 1 saturated carbocycles. The van der Waals surface area contributed by atoms with Crippen molar-refractivity contribution in [2.75, 3.05) is 0 Å². The number of rotatable bonds is 6. The molecule has 152 valence electrons. The summed E-state index contributed by atoms with van der Waals surface area (Å²) in [5.74, 6) is 0.695. The largest absolute Gasteiger partial charge is 0.361 e. The zero-order chi connectivity index (χ0) is 20.4. The van der Waals surface area contributed by atoms with Crippen molar-refractivity contribution in [1.29, 1.82) is 0 Å². The van der Waals surface area contributed by atoms with Gasteiger partial charge in [-0.3, -0.25) is 9.59 Å². The Morgan fingerprint density at radius 3 is 2.62 bits per heavy atom. The Hall–Kier alpha value is -2.96. The Balaban J connectivity index is 1.52. The van der Waals surface area contributed by atoms with Crippen molar-refractivity contribution in [1.82, 2.24) is 20.3 Å². The summed E-state index contributed by atoms with van der Waals surface area (Å²) in [5.41, 5.74) is 2.50. The normalized spacial score (nSPS) is 14.6. The molecule has 0 aliphatic heterocycles. The van der Waals surface area contributed by atoms with Gasteiger partial charge in [-0.1, -0.05) is 36.2 Å². The number of hydrogen-bond donors (Lipinski definition) is 1. The minimum Gasteiger partial charge on any atom is -0.361 e. The molecule has 0 saturated heterocycles. The number of aryl methyl sites for hydroxylation is 2. The number of fused-ring (bicyclic) bond motifs is 1. The van der Waals surface area contributed by atoms with E-state index < -0.39 is 0 Å². The van der Waals surface area contributed by atoms with Crippen molar-refractivity contribution >= 4 is 16.7 Å². The average Bonchev–Trinajstić information content (AvgIpc) is 3.36. The molecule has 0 spiro atoms. The third-order valence-electron chi connectivity index (χ3n) is 5.81. The predicted octanol–water partition coefficient (Wildman–Crippen LogP) is 3.37. The molecule has 1 aliphatic rings. The molecule has 0 bridgehead atoms. The highest BCUT2D eigenvalue weighted by atomic mass is 16.5. The number of nitrogens with zero attached hydrogens (tertiary/aromatic N) is 3. The van der Waals surface area contributed by atoms with E-state index in [2.05, 4.69) is 15.6 Å². The molecular weight excluding hydrogens is 368 g/mol. The van der Waals surface area contributed by atoms with E-state index in [1.54, 1.807) is 4.68 Å². The van der Waals surface area contributed by atoms with Crippen molar-refractivity contribution in [2.24, 2.45) is 0 Å². The van der Waals surface area contributed by atoms with Crippen LogP contribution in [0.2, 0.25) is 0 Å². The lowest BCUT2D eigenvalue weighted by atomic mass is 10.1. The lowest BCUT2D eigenvalue weighted by Gasteiger charge is -2.16. The van der Waals surface area contributed by atoms with Gasteiger partial charge in [-0.25, -0.2) is 4.68 Å². The Bertz CT molecular complexity index is 1070. The SMILES string of the molecule is Cc1noc(C)c1CCC(=O)NCc1nn(C2CCCC2)c(=O)c2ccccc12. The topological polar surface area (TPSA) is 90.0 Å². The first-order chi connectivity index (χ1) is 14.0. The molecule has 1 aliphatic carbocycles. The summed E-state index contributed by atoms with van der Waals surface area (Å²) < 4.78 is 6.79. The first kappa shape index (κ1) is 19.4. The van der Waals surface area contributed by atoms with Gasteiger partial charge in [-0.05, 0) is 39.2 Å². The summed E-state index contributed by atoms with van der Waals surface area (Å²) in [7, 11) is 0. The molecule has 0 radical (unpaired) electrons. The molecular formula is C22H26N4O3. The van der Waals surface area contributed by atoms with Crippen molar-refractivity contribution in [3.63, 3.8) is 0 Å². The van der Waals surface area contributed by atoms with Crippen molar-refractivity contribution in [3.05, 3.63) is 57.3 Å². The van der Waals surface area contributed by atoms with Gasteiger partial charge in [0.05, 0.1) is 29.4 Å². The summed E-state index contributed by atoms with van der Waals surface area (Å²) in [6.45, 7) is 4.04. The predicted molar refractivity (Wildman–Crippen MR) is 110 cm³/mol. The van der Waals surface area contributed by atoms with E-state index in [0.29, 0.717) is 24.8 Å². The van der Waals surface area contributed by atoms with E-state index in [9.17, 15) is 9.59 Å². The van der Waals surface area contributed by atoms with E-state index in [0.717, 1.165) is 53.8 Å². The maximum absolute atomic E-state index is 12.9. The van der Waals surface area contributed by atoms with Crippen LogP contribution in [0, 0.1) is 13.8 Å². The van der Waals surface area contributed by atoms with Gasteiger partial charge in [0.15, 0.2) is 0 Å². The summed E-state index contributed by atoms with van der Waals surface area (Å²) in [6.07, 6.45) is 5.15. The van der Waals surface area contributed by atoms with E-state index in [4.69, 9.17) is 4.52 Å². The molecule has 2 aromatic heterocycles. The second-order valence-corrected chi connectivity index (χ2v) is 7.76. The van der Waals surface area contributed by atoms with Gasteiger partial charge < -0.3 is 9.84 Å². The van der Waals surface area contributed by atoms with Gasteiger partial charge in [-0.2, -0.15) is 5.10 Å². The Kier molecular flexibility index (Phi) is 5.47. The maximum Gasteiger partial charge on any atom is 0.274 e. The van der Waals surface area contributed by atoms with Gasteiger partial charge >= 0.3 is 0 Å². The highest BCUT2D eigenvalue weighted by Gasteiger charge is 2.21. The maximum atomic E-state index is 12.9. The van der Waals surface area contributed by atoms with Gasteiger partial charge in [0, 0.05) is 17.4 Å². The van der Waals surface area contributed by atoms with Gasteiger partial charge in [-0.15, -0.1) is 0 Å². The van der Waals surface area contributed by atoms with E-state index in [1.165, 1.54) is 0 Å². The molecule has 1 fully saturated rings. The number of nitrogens with one attached hydrogen (secondary N) is 1. The molecule has 1 aromatic carbocycles. The summed E-state index contributed by atoms with van der Waals surface area (Å²) in [6, 6.07) is 7.66. The standard InChI is InChI=1S/C22H26N4O3/c1-14-17(15(2)29-25-14)11-12-21(27)23-13-20-18-9-5-6-10-19(18)22(28)26(24-20)16-7-3-4-8-16/h5-6,9-10,16H,3-4,7-8,11-13H2,1-2H3,(H,23,27). The van der Waals surface area contributed by atoms with Crippen LogP contribution in [0.1, 0.15) is 60.9 Å². The first-order valence-corrected chi connectivity index (χ1v) is 10.2. The quantitative estimate of drug-likeness (QED) is 0.692. The second kappa shape index (κ2) is 8.19. The number of benzene rings is 1. The third-order valence-corrected chi connectivity index (χ3v) is 5.81. The monoisotopic (exact) mass is 394 g/mol. The fourth-order valence-electron chi connectivity index (χ4n) is 4.17. The molecule has 1 amide bonds. The zero-order valence-corrected chi connectivity index (χ0v) is 16.9. The average molecular weight is 394 g/mol. The van der Waals surface area contributed by atoms with Crippen LogP contribution in [0.5, 0.6) is 0 Å². The minimum absolute atomic E-state index is 0.0408. The van der Waals surface area contributed by atoms with E-state index in [-0.39, 0.29) is 17.5 Å². The van der Waals surface area contributed by atoms with Crippen molar-refractivity contribution in [2.45, 2.75) is 65.0 Å². The Labute approximate surface area is 169 Å². The molecule has 29 heavy (non-hydrogen) atoms. The van der Waals surface area contributed by atoms with E-state index in [1.807, 2.05) is 38.1 Å². The van der Waals surface area contributed by atoms with Crippen LogP contribution >= 0.6 is 0 Å². The van der Waals surface area contributed by atoms with Crippen LogP contribution in [0.15, 0.2) is 33.6 Å². The molecule has 0 atom stereocenters. The lowest BCUT2D eigenvalue weighted by Crippen LogP contribution is -2.30. The number of aromatic nitrogens is 3. The van der Waals surface area contributed by atoms with Gasteiger partial charge in [0.25, 0.3) is 5.56 Å². The van der Waals surface area contributed by atoms with Crippen LogP contribution in [0.3, 0.4) is 0 Å². The smallest absolute Gasteiger partial charge is 0.274 e. The Morgan fingerprint density at radius 1 is 1.21 bits per heavy atom. The summed E-state index contributed by atoms with van der Waals surface area (Å²) in [4.78, 5) is 25.3. The fraction of sp³-hybridized carbons (Fsp3) is 0.455. The van der Waals surface area contributed by atoms with Gasteiger partial charge in [0.1, 0.15) is 5.76 Å². The lowest BCUT2D eigenvalue weighted by molar-refractivity contribution is -0.121. The molecule has 4 rings (SSSR count). The van der Waals surface area contributed by atoms with Gasteiger partial charge in [0.2, 0.25) is 5.91 Å². The summed E-state index contributed by atoms with van der Waals surface area (Å²) in [5, 5.41) is 13.0. The van der Waals surface area contributed by atoms with Crippen LogP contribution in [-0.2, 0) is 17.8 Å². The second-order valence-electron chi connectivity index (χ2n) is 7.76. The number of carbonyl (C=O) groups excluding carboxylic acids is 1. The first-order valence-electron chi connectivity index (χ1n) is 10.2. The van der Waals surface area contributed by atoms with E-state index >= 15 is 0 Å². The Morgan fingerprint density at radius 2 is 1.93 bits per heavy atom. The number of hydrogen-bond acceptors (Lipinski definition) is 5. The molecule has 7 nitrogen and oxygen atoms in total. The zero-order valence-electron chi connectivity index (χ0n) is 16.9. The fourth-order valence-corrected chi connectivity index (χ4v) is 4.17. The highest BCUT2D eigenvalue weighted by molar-refractivity contribution is 5.84. The van der Waals surface area contributed by atoms with Crippen molar-refractivity contribution < 1.29 is 9.32 Å². The number of amides is 1.